The highest BCUT2D eigenvalue weighted by atomic mass is 35.5. The highest BCUT2D eigenvalue weighted by molar-refractivity contribution is 6.32. The lowest BCUT2D eigenvalue weighted by molar-refractivity contribution is 0.378. The van der Waals surface area contributed by atoms with Gasteiger partial charge in [0.05, 0.1) is 12.1 Å². The minimum absolute atomic E-state index is 0. The fraction of sp³-hybridized carbons (Fsp3) is 0.400. The summed E-state index contributed by atoms with van der Waals surface area (Å²) in [4.78, 5) is 0. The highest BCUT2D eigenvalue weighted by Crippen LogP contribution is 2.30. The molecule has 1 fully saturated rings. The van der Waals surface area contributed by atoms with Crippen molar-refractivity contribution < 1.29 is 4.74 Å². The molecule has 0 aliphatic carbocycles. The Kier molecular flexibility index (Phi) is 4.05. The normalized spacial score (nSPS) is 19.4. The average molecular weight is 234 g/mol. The van der Waals surface area contributed by atoms with Crippen molar-refractivity contribution in [3.63, 3.8) is 0 Å². The van der Waals surface area contributed by atoms with Gasteiger partial charge in [0.2, 0.25) is 0 Å². The molecule has 1 aromatic rings. The summed E-state index contributed by atoms with van der Waals surface area (Å²) in [5, 5.41) is 4.01. The van der Waals surface area contributed by atoms with Crippen LogP contribution >= 0.6 is 24.0 Å². The lowest BCUT2D eigenvalue weighted by Gasteiger charge is -2.28. The minimum Gasteiger partial charge on any atom is -0.495 e. The van der Waals surface area contributed by atoms with Gasteiger partial charge in [-0.05, 0) is 30.7 Å². The summed E-state index contributed by atoms with van der Waals surface area (Å²) in [6.45, 7) is 1.11. The monoisotopic (exact) mass is 233 g/mol. The van der Waals surface area contributed by atoms with Gasteiger partial charge in [-0.3, -0.25) is 0 Å². The zero-order valence-electron chi connectivity index (χ0n) is 7.92. The summed E-state index contributed by atoms with van der Waals surface area (Å²) in [5.74, 6) is 0.757. The second-order valence-corrected chi connectivity index (χ2v) is 3.60. The molecule has 0 unspecified atom stereocenters. The van der Waals surface area contributed by atoms with Crippen LogP contribution in [-0.4, -0.2) is 13.7 Å². The molecule has 2 nitrogen and oxygen atoms in total. The molecule has 0 bridgehead atoms. The van der Waals surface area contributed by atoms with Gasteiger partial charge in [0.15, 0.2) is 0 Å². The van der Waals surface area contributed by atoms with Gasteiger partial charge in [-0.25, -0.2) is 0 Å². The minimum atomic E-state index is 0. The summed E-state index contributed by atoms with van der Waals surface area (Å²) in [7, 11) is 1.64. The number of methoxy groups -OCH3 is 1. The van der Waals surface area contributed by atoms with Gasteiger partial charge in [-0.15, -0.1) is 12.4 Å². The van der Waals surface area contributed by atoms with Crippen LogP contribution in [0.15, 0.2) is 18.2 Å². The predicted molar refractivity (Wildman–Crippen MR) is 60.6 cm³/mol. The molecule has 1 aromatic carbocycles. The smallest absolute Gasteiger partial charge is 0.137 e. The van der Waals surface area contributed by atoms with Crippen LogP contribution in [-0.2, 0) is 0 Å². The van der Waals surface area contributed by atoms with Crippen LogP contribution in [0.3, 0.4) is 0 Å². The third kappa shape index (κ3) is 2.14. The van der Waals surface area contributed by atoms with Crippen molar-refractivity contribution >= 4 is 24.0 Å². The average Bonchev–Trinajstić information content (AvgIpc) is 2.05. The molecule has 1 aliphatic heterocycles. The Hall–Kier alpha value is -0.440. The van der Waals surface area contributed by atoms with Crippen LogP contribution < -0.4 is 10.1 Å². The Morgan fingerprint density at radius 3 is 2.71 bits per heavy atom. The van der Waals surface area contributed by atoms with Crippen LogP contribution in [0, 0.1) is 0 Å². The molecular weight excluding hydrogens is 221 g/mol. The van der Waals surface area contributed by atoms with Gasteiger partial charge in [0.1, 0.15) is 5.75 Å². The number of nitrogens with one attached hydrogen (secondary N) is 1. The van der Waals surface area contributed by atoms with E-state index in [0.717, 1.165) is 12.3 Å². The molecule has 1 N–H and O–H groups in total. The van der Waals surface area contributed by atoms with Crippen LogP contribution in [0.4, 0.5) is 0 Å². The maximum Gasteiger partial charge on any atom is 0.137 e. The van der Waals surface area contributed by atoms with Crippen molar-refractivity contribution in [3.8, 4) is 5.75 Å². The Morgan fingerprint density at radius 1 is 1.50 bits per heavy atom. The van der Waals surface area contributed by atoms with Crippen LogP contribution in [0.1, 0.15) is 18.0 Å². The van der Waals surface area contributed by atoms with Gasteiger partial charge in [-0.1, -0.05) is 17.7 Å². The Balaban J connectivity index is 0.000000980. The van der Waals surface area contributed by atoms with E-state index in [9.17, 15) is 0 Å². The SMILES string of the molecule is COc1cc([C@@H]2CCN2)ccc1Cl.Cl. The summed E-state index contributed by atoms with van der Waals surface area (Å²) in [5.41, 5.74) is 1.26. The van der Waals surface area contributed by atoms with E-state index in [-0.39, 0.29) is 12.4 Å². The highest BCUT2D eigenvalue weighted by Gasteiger charge is 2.19. The van der Waals surface area contributed by atoms with E-state index < -0.39 is 0 Å². The summed E-state index contributed by atoms with van der Waals surface area (Å²) in [6, 6.07) is 6.42. The van der Waals surface area contributed by atoms with E-state index in [4.69, 9.17) is 16.3 Å². The molecule has 0 radical (unpaired) electrons. The zero-order valence-corrected chi connectivity index (χ0v) is 9.49. The van der Waals surface area contributed by atoms with Crippen molar-refractivity contribution in [3.05, 3.63) is 28.8 Å². The fourth-order valence-corrected chi connectivity index (χ4v) is 1.66. The standard InChI is InChI=1S/C10H12ClNO.ClH/c1-13-10-6-7(2-3-8(10)11)9-4-5-12-9;/h2-3,6,9,12H,4-5H2,1H3;1H/t9-;/m0./s1. The Morgan fingerprint density at radius 2 is 2.21 bits per heavy atom. The largest absolute Gasteiger partial charge is 0.495 e. The molecule has 1 saturated heterocycles. The van der Waals surface area contributed by atoms with Gasteiger partial charge in [0, 0.05) is 6.04 Å². The van der Waals surface area contributed by atoms with Crippen molar-refractivity contribution in [2.75, 3.05) is 13.7 Å². The first kappa shape index (κ1) is 11.6. The first-order valence-corrected chi connectivity index (χ1v) is 4.76. The second kappa shape index (κ2) is 4.87. The molecule has 2 rings (SSSR count). The molecule has 0 spiro atoms. The quantitative estimate of drug-likeness (QED) is 0.849. The molecule has 14 heavy (non-hydrogen) atoms. The molecule has 1 heterocycles. The number of hydrogen-bond acceptors (Lipinski definition) is 2. The third-order valence-electron chi connectivity index (χ3n) is 2.40. The second-order valence-electron chi connectivity index (χ2n) is 3.19. The molecule has 1 aliphatic rings. The van der Waals surface area contributed by atoms with Crippen molar-refractivity contribution in [1.82, 2.24) is 5.32 Å². The molecular formula is C10H13Cl2NO. The maximum absolute atomic E-state index is 5.92. The molecule has 0 aromatic heterocycles. The number of benzene rings is 1. The Labute approximate surface area is 95.0 Å². The molecule has 78 valence electrons. The topological polar surface area (TPSA) is 21.3 Å². The third-order valence-corrected chi connectivity index (χ3v) is 2.71. The molecule has 0 amide bonds. The van der Waals surface area contributed by atoms with Crippen LogP contribution in [0.5, 0.6) is 5.75 Å². The lowest BCUT2D eigenvalue weighted by Crippen LogP contribution is -2.34. The van der Waals surface area contributed by atoms with E-state index >= 15 is 0 Å². The molecule has 1 atom stereocenters. The fourth-order valence-electron chi connectivity index (χ4n) is 1.47. The van der Waals surface area contributed by atoms with Gasteiger partial charge >= 0.3 is 0 Å². The number of ether oxygens (including phenoxy) is 1. The van der Waals surface area contributed by atoms with Crippen LogP contribution in [0.2, 0.25) is 5.02 Å². The van der Waals surface area contributed by atoms with Gasteiger partial charge in [0.25, 0.3) is 0 Å². The summed E-state index contributed by atoms with van der Waals surface area (Å²) >= 11 is 5.92. The van der Waals surface area contributed by atoms with E-state index in [1.807, 2.05) is 18.2 Å². The molecule has 0 saturated carbocycles. The van der Waals surface area contributed by atoms with Crippen molar-refractivity contribution in [2.24, 2.45) is 0 Å². The van der Waals surface area contributed by atoms with E-state index in [1.54, 1.807) is 7.11 Å². The van der Waals surface area contributed by atoms with Gasteiger partial charge in [-0.2, -0.15) is 0 Å². The van der Waals surface area contributed by atoms with Crippen molar-refractivity contribution in [1.29, 1.82) is 0 Å². The van der Waals surface area contributed by atoms with Gasteiger partial charge < -0.3 is 10.1 Å². The first-order chi connectivity index (χ1) is 6.31. The van der Waals surface area contributed by atoms with E-state index in [2.05, 4.69) is 5.32 Å². The maximum atomic E-state index is 5.92. The summed E-state index contributed by atoms with van der Waals surface area (Å²) in [6.07, 6.45) is 1.20. The number of hydrogen-bond donors (Lipinski definition) is 1. The lowest BCUT2D eigenvalue weighted by atomic mass is 9.98. The number of halogens is 2. The van der Waals surface area contributed by atoms with E-state index in [0.29, 0.717) is 11.1 Å². The number of rotatable bonds is 2. The predicted octanol–water partition coefficient (Wildman–Crippen LogP) is 2.80. The van der Waals surface area contributed by atoms with E-state index in [1.165, 1.54) is 12.0 Å². The first-order valence-electron chi connectivity index (χ1n) is 4.38. The summed E-state index contributed by atoms with van der Waals surface area (Å²) < 4.78 is 5.14. The van der Waals surface area contributed by atoms with Crippen molar-refractivity contribution in [2.45, 2.75) is 12.5 Å². The molecule has 4 heteroatoms. The zero-order chi connectivity index (χ0) is 9.26. The Bertz CT molecular complexity index is 313. The van der Waals surface area contributed by atoms with Crippen LogP contribution in [0.25, 0.3) is 0 Å².